The van der Waals surface area contributed by atoms with Gasteiger partial charge in [0.2, 0.25) is 0 Å². The summed E-state index contributed by atoms with van der Waals surface area (Å²) in [4.78, 5) is 13.1. The van der Waals surface area contributed by atoms with E-state index in [0.717, 1.165) is 5.56 Å². The second-order valence-electron chi connectivity index (χ2n) is 3.62. The molecule has 1 saturated heterocycles. The van der Waals surface area contributed by atoms with Crippen molar-refractivity contribution >= 4 is 5.91 Å². The molecule has 2 atom stereocenters. The van der Waals surface area contributed by atoms with Crippen LogP contribution in [0.3, 0.4) is 0 Å². The molecule has 2 rings (SSSR count). The molecule has 0 aliphatic carbocycles. The molecule has 0 unspecified atom stereocenters. The van der Waals surface area contributed by atoms with Gasteiger partial charge in [0.1, 0.15) is 6.10 Å². The quantitative estimate of drug-likeness (QED) is 0.658. The van der Waals surface area contributed by atoms with Gasteiger partial charge in [-0.25, -0.2) is 0 Å². The first-order valence-corrected chi connectivity index (χ1v) is 4.61. The third-order valence-electron chi connectivity index (χ3n) is 2.30. The Hall–Kier alpha value is -1.35. The minimum Gasteiger partial charge on any atom is -0.354 e. The molecule has 1 amide bonds. The molecule has 1 aromatic rings. The molecule has 1 aromatic carbocycles. The number of amides is 1. The van der Waals surface area contributed by atoms with E-state index in [1.807, 2.05) is 30.3 Å². The van der Waals surface area contributed by atoms with Crippen LogP contribution in [0.1, 0.15) is 11.7 Å². The van der Waals surface area contributed by atoms with E-state index < -0.39 is 0 Å². The Morgan fingerprint density at radius 2 is 1.93 bits per heavy atom. The number of nitrogens with zero attached hydrogens (tertiary/aromatic N) is 1. The fourth-order valence-electron chi connectivity index (χ4n) is 1.45. The summed E-state index contributed by atoms with van der Waals surface area (Å²) in [7, 11) is 3.48. The van der Waals surface area contributed by atoms with Crippen molar-refractivity contribution in [2.45, 2.75) is 12.2 Å². The SMILES string of the molecule is CN(C)C(=O)[C@@H]1O[C@@H]1c1ccccc1. The zero-order valence-corrected chi connectivity index (χ0v) is 8.31. The summed E-state index contributed by atoms with van der Waals surface area (Å²) >= 11 is 0. The lowest BCUT2D eigenvalue weighted by Gasteiger charge is -2.06. The van der Waals surface area contributed by atoms with Gasteiger partial charge in [-0.15, -0.1) is 0 Å². The van der Waals surface area contributed by atoms with Crippen LogP contribution in [0.25, 0.3) is 0 Å². The molecular weight excluding hydrogens is 178 g/mol. The normalized spacial score (nSPS) is 24.4. The molecule has 0 aromatic heterocycles. The lowest BCUT2D eigenvalue weighted by Crippen LogP contribution is -2.26. The van der Waals surface area contributed by atoms with E-state index in [1.165, 1.54) is 0 Å². The summed E-state index contributed by atoms with van der Waals surface area (Å²) in [5.74, 6) is 0.0406. The molecule has 1 fully saturated rings. The standard InChI is InChI=1S/C11H13NO2/c1-12(2)11(13)10-9(14-10)8-6-4-3-5-7-8/h3-7,9-10H,1-2H3/t9-,10-/m1/s1. The zero-order valence-electron chi connectivity index (χ0n) is 8.31. The molecule has 74 valence electrons. The minimum absolute atomic E-state index is 0.0360. The first-order chi connectivity index (χ1) is 6.70. The van der Waals surface area contributed by atoms with E-state index in [-0.39, 0.29) is 18.1 Å². The van der Waals surface area contributed by atoms with Crippen LogP contribution in [-0.4, -0.2) is 31.0 Å². The predicted molar refractivity (Wildman–Crippen MR) is 52.8 cm³/mol. The minimum atomic E-state index is -0.271. The third-order valence-corrected chi connectivity index (χ3v) is 2.30. The second-order valence-corrected chi connectivity index (χ2v) is 3.62. The number of carbonyl (C=O) groups is 1. The highest BCUT2D eigenvalue weighted by atomic mass is 16.6. The summed E-state index contributed by atoms with van der Waals surface area (Å²) in [5, 5.41) is 0. The van der Waals surface area contributed by atoms with Crippen molar-refractivity contribution in [3.63, 3.8) is 0 Å². The largest absolute Gasteiger partial charge is 0.354 e. The predicted octanol–water partition coefficient (Wildman–Crippen LogP) is 1.21. The summed E-state index contributed by atoms with van der Waals surface area (Å²) in [6, 6.07) is 9.82. The Morgan fingerprint density at radius 1 is 1.29 bits per heavy atom. The number of ether oxygens (including phenoxy) is 1. The highest BCUT2D eigenvalue weighted by Gasteiger charge is 2.46. The van der Waals surface area contributed by atoms with Crippen molar-refractivity contribution in [1.82, 2.24) is 4.90 Å². The van der Waals surface area contributed by atoms with Crippen LogP contribution in [0.2, 0.25) is 0 Å². The molecule has 0 bridgehead atoms. The van der Waals surface area contributed by atoms with E-state index >= 15 is 0 Å². The molecule has 14 heavy (non-hydrogen) atoms. The molecule has 0 radical (unpaired) electrons. The number of rotatable bonds is 2. The van der Waals surface area contributed by atoms with Crippen molar-refractivity contribution < 1.29 is 9.53 Å². The highest BCUT2D eigenvalue weighted by molar-refractivity contribution is 5.83. The molecular formula is C11H13NO2. The molecule has 1 heterocycles. The van der Waals surface area contributed by atoms with E-state index in [1.54, 1.807) is 19.0 Å². The van der Waals surface area contributed by atoms with Gasteiger partial charge in [-0.2, -0.15) is 0 Å². The maximum atomic E-state index is 11.5. The first kappa shape index (κ1) is 9.21. The molecule has 1 aliphatic rings. The second kappa shape index (κ2) is 3.42. The molecule has 3 nitrogen and oxygen atoms in total. The molecule has 0 saturated carbocycles. The number of hydrogen-bond acceptors (Lipinski definition) is 2. The fourth-order valence-corrected chi connectivity index (χ4v) is 1.45. The lowest BCUT2D eigenvalue weighted by atomic mass is 10.1. The van der Waals surface area contributed by atoms with Gasteiger partial charge in [-0.05, 0) is 5.56 Å². The van der Waals surface area contributed by atoms with E-state index in [9.17, 15) is 4.79 Å². The summed E-state index contributed by atoms with van der Waals surface area (Å²) in [6.07, 6.45) is -0.307. The maximum Gasteiger partial charge on any atom is 0.254 e. The number of epoxide rings is 1. The van der Waals surface area contributed by atoms with Crippen LogP contribution in [0, 0.1) is 0 Å². The number of hydrogen-bond donors (Lipinski definition) is 0. The molecule has 3 heteroatoms. The van der Waals surface area contributed by atoms with E-state index in [4.69, 9.17) is 4.74 Å². The van der Waals surface area contributed by atoms with Crippen LogP contribution < -0.4 is 0 Å². The topological polar surface area (TPSA) is 32.8 Å². The molecule has 0 N–H and O–H groups in total. The number of carbonyl (C=O) groups excluding carboxylic acids is 1. The van der Waals surface area contributed by atoms with Crippen molar-refractivity contribution in [2.24, 2.45) is 0 Å². The Bertz CT molecular complexity index is 334. The van der Waals surface area contributed by atoms with Crippen molar-refractivity contribution in [2.75, 3.05) is 14.1 Å². The maximum absolute atomic E-state index is 11.5. The zero-order chi connectivity index (χ0) is 10.1. The smallest absolute Gasteiger partial charge is 0.254 e. The summed E-state index contributed by atoms with van der Waals surface area (Å²) in [6.45, 7) is 0. The van der Waals surface area contributed by atoms with Crippen LogP contribution in [0.4, 0.5) is 0 Å². The highest BCUT2D eigenvalue weighted by Crippen LogP contribution is 2.39. The Morgan fingerprint density at radius 3 is 2.50 bits per heavy atom. The Balaban J connectivity index is 2.03. The van der Waals surface area contributed by atoms with Gasteiger partial charge in [-0.1, -0.05) is 30.3 Å². The van der Waals surface area contributed by atoms with Crippen LogP contribution >= 0.6 is 0 Å². The summed E-state index contributed by atoms with van der Waals surface area (Å²) < 4.78 is 5.33. The van der Waals surface area contributed by atoms with Gasteiger partial charge < -0.3 is 9.64 Å². The number of benzene rings is 1. The van der Waals surface area contributed by atoms with Gasteiger partial charge in [-0.3, -0.25) is 4.79 Å². The van der Waals surface area contributed by atoms with Crippen LogP contribution in [-0.2, 0) is 9.53 Å². The molecule has 1 aliphatic heterocycles. The van der Waals surface area contributed by atoms with E-state index in [0.29, 0.717) is 0 Å². The average molecular weight is 191 g/mol. The van der Waals surface area contributed by atoms with Gasteiger partial charge >= 0.3 is 0 Å². The Labute approximate surface area is 83.3 Å². The van der Waals surface area contributed by atoms with Crippen molar-refractivity contribution in [3.05, 3.63) is 35.9 Å². The fraction of sp³-hybridized carbons (Fsp3) is 0.364. The number of likely N-dealkylation sites (N-methyl/N-ethyl adjacent to an activating group) is 1. The monoisotopic (exact) mass is 191 g/mol. The van der Waals surface area contributed by atoms with Crippen LogP contribution in [0.15, 0.2) is 30.3 Å². The Kier molecular flexibility index (Phi) is 2.25. The van der Waals surface area contributed by atoms with Crippen molar-refractivity contribution in [3.8, 4) is 0 Å². The van der Waals surface area contributed by atoms with Gasteiger partial charge in [0.25, 0.3) is 5.91 Å². The van der Waals surface area contributed by atoms with E-state index in [2.05, 4.69) is 0 Å². The summed E-state index contributed by atoms with van der Waals surface area (Å²) in [5.41, 5.74) is 1.08. The third kappa shape index (κ3) is 1.63. The van der Waals surface area contributed by atoms with Crippen molar-refractivity contribution in [1.29, 1.82) is 0 Å². The molecule has 0 spiro atoms. The average Bonchev–Trinajstić information content (AvgIpc) is 2.97. The first-order valence-electron chi connectivity index (χ1n) is 4.61. The van der Waals surface area contributed by atoms with Gasteiger partial charge in [0, 0.05) is 14.1 Å². The van der Waals surface area contributed by atoms with Gasteiger partial charge in [0.15, 0.2) is 6.10 Å². The van der Waals surface area contributed by atoms with Gasteiger partial charge in [0.05, 0.1) is 0 Å². The van der Waals surface area contributed by atoms with Crippen LogP contribution in [0.5, 0.6) is 0 Å². The lowest BCUT2D eigenvalue weighted by molar-refractivity contribution is -0.129.